The summed E-state index contributed by atoms with van der Waals surface area (Å²) in [6.45, 7) is 4.76. The van der Waals surface area contributed by atoms with Crippen molar-refractivity contribution >= 4 is 45.5 Å². The van der Waals surface area contributed by atoms with Crippen molar-refractivity contribution in [2.75, 3.05) is 50.2 Å². The van der Waals surface area contributed by atoms with Crippen molar-refractivity contribution < 1.29 is 13.2 Å². The molecule has 1 aliphatic heterocycles. The van der Waals surface area contributed by atoms with E-state index in [1.165, 1.54) is 6.26 Å². The van der Waals surface area contributed by atoms with Crippen LogP contribution in [0, 0.1) is 0 Å². The Morgan fingerprint density at radius 3 is 2.77 bits per heavy atom. The van der Waals surface area contributed by atoms with Gasteiger partial charge in [-0.05, 0) is 25.5 Å². The van der Waals surface area contributed by atoms with Crippen LogP contribution in [0.4, 0.5) is 5.69 Å². The van der Waals surface area contributed by atoms with Crippen LogP contribution in [0.2, 0.25) is 0 Å². The minimum Gasteiger partial charge on any atom is -0.495 e. The number of hydrogen-bond donors (Lipinski definition) is 2. The van der Waals surface area contributed by atoms with Crippen LogP contribution in [0.15, 0.2) is 29.3 Å². The normalized spacial score (nSPS) is 17.6. The van der Waals surface area contributed by atoms with E-state index >= 15 is 0 Å². The lowest BCUT2D eigenvalue weighted by molar-refractivity contribution is 0.415. The van der Waals surface area contributed by atoms with Crippen molar-refractivity contribution in [1.82, 2.24) is 10.6 Å². The number of aliphatic imine (C=N–C) groups is 1. The maximum Gasteiger partial charge on any atom is 0.191 e. The third-order valence-electron chi connectivity index (χ3n) is 4.03. The number of halogens is 1. The molecule has 2 N–H and O–H groups in total. The maximum atomic E-state index is 11.2. The highest BCUT2D eigenvalue weighted by Crippen LogP contribution is 2.30. The average molecular weight is 496 g/mol. The molecule has 1 atom stereocenters. The predicted octanol–water partition coefficient (Wildman–Crippen LogP) is 1.49. The van der Waals surface area contributed by atoms with Gasteiger partial charge in [0.15, 0.2) is 5.96 Å². The van der Waals surface area contributed by atoms with Crippen molar-refractivity contribution in [3.8, 4) is 5.75 Å². The van der Waals surface area contributed by atoms with Gasteiger partial charge < -0.3 is 20.3 Å². The molecule has 148 valence electrons. The minimum absolute atomic E-state index is 0. The second kappa shape index (κ2) is 10.8. The summed E-state index contributed by atoms with van der Waals surface area (Å²) >= 11 is 0. The van der Waals surface area contributed by atoms with E-state index in [9.17, 15) is 8.42 Å². The average Bonchev–Trinajstić information content (AvgIpc) is 3.02. The number of sulfone groups is 1. The third-order valence-corrected chi connectivity index (χ3v) is 4.96. The van der Waals surface area contributed by atoms with Gasteiger partial charge in [0.2, 0.25) is 0 Å². The number of para-hydroxylation sites is 2. The van der Waals surface area contributed by atoms with Crippen LogP contribution in [0.25, 0.3) is 0 Å². The van der Waals surface area contributed by atoms with Crippen LogP contribution >= 0.6 is 24.0 Å². The number of nitrogens with zero attached hydrogens (tertiary/aromatic N) is 2. The van der Waals surface area contributed by atoms with Crippen molar-refractivity contribution in [1.29, 1.82) is 0 Å². The van der Waals surface area contributed by atoms with Gasteiger partial charge >= 0.3 is 0 Å². The van der Waals surface area contributed by atoms with Crippen LogP contribution in [0.5, 0.6) is 5.75 Å². The molecule has 2 rings (SSSR count). The number of methoxy groups -OCH3 is 1. The molecule has 0 aromatic heterocycles. The number of rotatable bonds is 7. The molecule has 7 nitrogen and oxygen atoms in total. The van der Waals surface area contributed by atoms with E-state index in [2.05, 4.69) is 26.6 Å². The standard InChI is InChI=1S/C17H28N4O3S.HI/c1-4-18-17(19-10-12-25(3,22)23)20-14-9-11-21(13-14)15-7-5-6-8-16(15)24-2;/h5-8,14H,4,9-13H2,1-3H3,(H2,18,19,20);1H. The summed E-state index contributed by atoms with van der Waals surface area (Å²) in [5, 5.41) is 6.58. The summed E-state index contributed by atoms with van der Waals surface area (Å²) in [7, 11) is -1.32. The first-order valence-electron chi connectivity index (χ1n) is 8.53. The smallest absolute Gasteiger partial charge is 0.191 e. The predicted molar refractivity (Wildman–Crippen MR) is 118 cm³/mol. The topological polar surface area (TPSA) is 83.0 Å². The first-order valence-corrected chi connectivity index (χ1v) is 10.6. The van der Waals surface area contributed by atoms with Gasteiger partial charge in [-0.3, -0.25) is 4.99 Å². The fraction of sp³-hybridized carbons (Fsp3) is 0.588. The number of anilines is 1. The van der Waals surface area contributed by atoms with Gasteiger partial charge in [-0.25, -0.2) is 8.42 Å². The molecule has 0 bridgehead atoms. The van der Waals surface area contributed by atoms with Crippen molar-refractivity contribution in [3.63, 3.8) is 0 Å². The Morgan fingerprint density at radius 1 is 1.38 bits per heavy atom. The molecule has 0 spiro atoms. The van der Waals surface area contributed by atoms with Crippen LogP contribution in [-0.2, 0) is 9.84 Å². The minimum atomic E-state index is -3.00. The summed E-state index contributed by atoms with van der Waals surface area (Å²) in [6.07, 6.45) is 2.21. The van der Waals surface area contributed by atoms with Crippen LogP contribution in [0.1, 0.15) is 13.3 Å². The van der Waals surface area contributed by atoms with E-state index in [1.807, 2.05) is 25.1 Å². The SMILES string of the molecule is CCNC(=NCCS(C)(=O)=O)NC1CCN(c2ccccc2OC)C1.I. The quantitative estimate of drug-likeness (QED) is 0.338. The Morgan fingerprint density at radius 2 is 2.12 bits per heavy atom. The molecule has 9 heteroatoms. The lowest BCUT2D eigenvalue weighted by atomic mass is 10.2. The van der Waals surface area contributed by atoms with Crippen molar-refractivity contribution in [2.24, 2.45) is 4.99 Å². The van der Waals surface area contributed by atoms with Gasteiger partial charge in [0, 0.05) is 31.9 Å². The molecule has 1 fully saturated rings. The van der Waals surface area contributed by atoms with Gasteiger partial charge in [0.1, 0.15) is 15.6 Å². The Bertz CT molecular complexity index is 697. The zero-order chi connectivity index (χ0) is 18.3. The van der Waals surface area contributed by atoms with E-state index in [0.717, 1.165) is 37.5 Å². The molecule has 1 saturated heterocycles. The van der Waals surface area contributed by atoms with E-state index < -0.39 is 9.84 Å². The molecule has 0 amide bonds. The Labute approximate surface area is 173 Å². The largest absolute Gasteiger partial charge is 0.495 e. The Kier molecular flexibility index (Phi) is 9.48. The van der Waals surface area contributed by atoms with Gasteiger partial charge in [-0.1, -0.05) is 12.1 Å². The maximum absolute atomic E-state index is 11.2. The highest BCUT2D eigenvalue weighted by Gasteiger charge is 2.25. The highest BCUT2D eigenvalue weighted by atomic mass is 127. The summed E-state index contributed by atoms with van der Waals surface area (Å²) in [4.78, 5) is 6.65. The molecule has 1 aliphatic rings. The molecule has 0 saturated carbocycles. The monoisotopic (exact) mass is 496 g/mol. The number of benzene rings is 1. The molecule has 1 aromatic carbocycles. The highest BCUT2D eigenvalue weighted by molar-refractivity contribution is 14.0. The molecular formula is C17H29IN4O3S. The van der Waals surface area contributed by atoms with Crippen molar-refractivity contribution in [3.05, 3.63) is 24.3 Å². The van der Waals surface area contributed by atoms with Gasteiger partial charge in [0.05, 0.1) is 25.1 Å². The fourth-order valence-corrected chi connectivity index (χ4v) is 3.25. The number of guanidine groups is 1. The van der Waals surface area contributed by atoms with Crippen LogP contribution in [0.3, 0.4) is 0 Å². The Hall–Kier alpha value is -1.23. The number of hydrogen-bond acceptors (Lipinski definition) is 5. The Balaban J connectivity index is 0.00000338. The molecule has 1 heterocycles. The lowest BCUT2D eigenvalue weighted by Gasteiger charge is -2.22. The molecule has 0 aliphatic carbocycles. The first kappa shape index (κ1) is 22.8. The van der Waals surface area contributed by atoms with Crippen LogP contribution in [-0.4, -0.2) is 65.7 Å². The zero-order valence-electron chi connectivity index (χ0n) is 15.6. The van der Waals surface area contributed by atoms with Gasteiger partial charge in [-0.2, -0.15) is 0 Å². The van der Waals surface area contributed by atoms with E-state index in [0.29, 0.717) is 5.96 Å². The number of ether oxygens (including phenoxy) is 1. The fourth-order valence-electron chi connectivity index (χ4n) is 2.82. The van der Waals surface area contributed by atoms with Gasteiger partial charge in [0.25, 0.3) is 0 Å². The summed E-state index contributed by atoms with van der Waals surface area (Å²) < 4.78 is 27.9. The second-order valence-electron chi connectivity index (χ2n) is 6.14. The molecular weight excluding hydrogens is 467 g/mol. The second-order valence-corrected chi connectivity index (χ2v) is 8.40. The van der Waals surface area contributed by atoms with E-state index in [4.69, 9.17) is 4.74 Å². The summed E-state index contributed by atoms with van der Waals surface area (Å²) in [5.41, 5.74) is 1.09. The number of nitrogens with one attached hydrogen (secondary N) is 2. The van der Waals surface area contributed by atoms with E-state index in [-0.39, 0.29) is 42.3 Å². The molecule has 1 unspecified atom stereocenters. The van der Waals surface area contributed by atoms with Crippen LogP contribution < -0.4 is 20.3 Å². The summed E-state index contributed by atoms with van der Waals surface area (Å²) in [6, 6.07) is 8.25. The summed E-state index contributed by atoms with van der Waals surface area (Å²) in [5.74, 6) is 1.59. The molecule has 1 aromatic rings. The van der Waals surface area contributed by atoms with Gasteiger partial charge in [-0.15, -0.1) is 24.0 Å². The molecule has 26 heavy (non-hydrogen) atoms. The van der Waals surface area contributed by atoms with E-state index in [1.54, 1.807) is 7.11 Å². The van der Waals surface area contributed by atoms with Crippen molar-refractivity contribution in [2.45, 2.75) is 19.4 Å². The first-order chi connectivity index (χ1) is 11.9. The third kappa shape index (κ3) is 7.18. The zero-order valence-corrected chi connectivity index (χ0v) is 18.7. The lowest BCUT2D eigenvalue weighted by Crippen LogP contribution is -2.44. The molecule has 0 radical (unpaired) electrons.